The molecule has 0 saturated carbocycles. The maximum absolute atomic E-state index is 10.5. The fourth-order valence-electron chi connectivity index (χ4n) is 4.43. The standard InChI is InChI=1S/C25H24N2/c26-20-25(22-12-6-2-7-13-22,23-14-8-3-9-15-23)24-16-17-27(19-24)18-21-10-4-1-5-11-21/h1-15,24H,16-19H2. The molecule has 0 aromatic heterocycles. The molecule has 1 aliphatic rings. The number of nitrogens with zero attached hydrogens (tertiary/aromatic N) is 2. The Kier molecular flexibility index (Phi) is 5.05. The molecule has 1 aliphatic heterocycles. The molecule has 0 spiro atoms. The Morgan fingerprint density at radius 1 is 0.815 bits per heavy atom. The number of likely N-dealkylation sites (tertiary alicyclic amines) is 1. The Labute approximate surface area is 161 Å². The molecule has 2 nitrogen and oxygen atoms in total. The van der Waals surface area contributed by atoms with E-state index < -0.39 is 5.41 Å². The van der Waals surface area contributed by atoms with Gasteiger partial charge in [-0.3, -0.25) is 4.90 Å². The van der Waals surface area contributed by atoms with Gasteiger partial charge in [0.05, 0.1) is 6.07 Å². The normalized spacial score (nSPS) is 17.5. The number of rotatable bonds is 5. The molecule has 0 N–H and O–H groups in total. The van der Waals surface area contributed by atoms with Gasteiger partial charge < -0.3 is 0 Å². The monoisotopic (exact) mass is 352 g/mol. The van der Waals surface area contributed by atoms with Crippen LogP contribution in [-0.2, 0) is 12.0 Å². The molecule has 1 atom stereocenters. The minimum absolute atomic E-state index is 0.274. The minimum Gasteiger partial charge on any atom is -0.299 e. The topological polar surface area (TPSA) is 27.0 Å². The van der Waals surface area contributed by atoms with Crippen molar-refractivity contribution in [1.82, 2.24) is 4.90 Å². The molecular weight excluding hydrogens is 328 g/mol. The van der Waals surface area contributed by atoms with Gasteiger partial charge in [-0.25, -0.2) is 0 Å². The van der Waals surface area contributed by atoms with Crippen molar-refractivity contribution in [3.8, 4) is 6.07 Å². The van der Waals surface area contributed by atoms with Gasteiger partial charge in [-0.1, -0.05) is 91.0 Å². The lowest BCUT2D eigenvalue weighted by molar-refractivity contribution is 0.298. The van der Waals surface area contributed by atoms with Crippen LogP contribution in [0.3, 0.4) is 0 Å². The zero-order valence-corrected chi connectivity index (χ0v) is 15.5. The van der Waals surface area contributed by atoms with Crippen molar-refractivity contribution in [2.45, 2.75) is 18.4 Å². The van der Waals surface area contributed by atoms with Gasteiger partial charge in [0.15, 0.2) is 0 Å². The zero-order chi connectivity index (χ0) is 18.5. The fourth-order valence-corrected chi connectivity index (χ4v) is 4.43. The molecule has 0 bridgehead atoms. The second-order valence-corrected chi connectivity index (χ2v) is 7.36. The van der Waals surface area contributed by atoms with E-state index in [1.165, 1.54) is 5.56 Å². The summed E-state index contributed by atoms with van der Waals surface area (Å²) >= 11 is 0. The Morgan fingerprint density at radius 3 is 1.85 bits per heavy atom. The summed E-state index contributed by atoms with van der Waals surface area (Å²) in [6.07, 6.45) is 1.03. The van der Waals surface area contributed by atoms with Crippen LogP contribution in [0.15, 0.2) is 91.0 Å². The van der Waals surface area contributed by atoms with Crippen molar-refractivity contribution >= 4 is 0 Å². The molecule has 0 radical (unpaired) electrons. The second-order valence-electron chi connectivity index (χ2n) is 7.36. The average molecular weight is 352 g/mol. The van der Waals surface area contributed by atoms with E-state index in [2.05, 4.69) is 65.6 Å². The molecule has 0 amide bonds. The summed E-state index contributed by atoms with van der Waals surface area (Å²) in [6.45, 7) is 2.91. The molecule has 1 saturated heterocycles. The average Bonchev–Trinajstić information content (AvgIpc) is 3.20. The van der Waals surface area contributed by atoms with Gasteiger partial charge >= 0.3 is 0 Å². The zero-order valence-electron chi connectivity index (χ0n) is 15.5. The molecular formula is C25H24N2. The number of hydrogen-bond acceptors (Lipinski definition) is 2. The summed E-state index contributed by atoms with van der Waals surface area (Å²) in [5.41, 5.74) is 2.93. The molecule has 134 valence electrons. The highest BCUT2D eigenvalue weighted by Crippen LogP contribution is 2.43. The lowest BCUT2D eigenvalue weighted by atomic mass is 9.66. The van der Waals surface area contributed by atoms with E-state index in [0.29, 0.717) is 0 Å². The molecule has 2 heteroatoms. The predicted molar refractivity (Wildman–Crippen MR) is 109 cm³/mol. The van der Waals surface area contributed by atoms with Gasteiger partial charge in [0.1, 0.15) is 5.41 Å². The van der Waals surface area contributed by atoms with Crippen molar-refractivity contribution in [2.75, 3.05) is 13.1 Å². The first kappa shape index (κ1) is 17.5. The first-order chi connectivity index (χ1) is 13.3. The largest absolute Gasteiger partial charge is 0.299 e. The minimum atomic E-state index is -0.603. The Morgan fingerprint density at radius 2 is 1.33 bits per heavy atom. The van der Waals surface area contributed by atoms with E-state index in [4.69, 9.17) is 0 Å². The lowest BCUT2D eigenvalue weighted by Crippen LogP contribution is -2.37. The smallest absolute Gasteiger partial charge is 0.111 e. The highest BCUT2D eigenvalue weighted by Gasteiger charge is 2.45. The molecule has 1 heterocycles. The van der Waals surface area contributed by atoms with Crippen LogP contribution in [0, 0.1) is 17.2 Å². The van der Waals surface area contributed by atoms with Crippen molar-refractivity contribution in [3.63, 3.8) is 0 Å². The Hall–Kier alpha value is -2.89. The Bertz CT molecular complexity index is 858. The summed E-state index contributed by atoms with van der Waals surface area (Å²) in [7, 11) is 0. The third kappa shape index (κ3) is 3.39. The van der Waals surface area contributed by atoms with Crippen LogP contribution >= 0.6 is 0 Å². The molecule has 1 fully saturated rings. The molecule has 3 aromatic carbocycles. The third-order valence-corrected chi connectivity index (χ3v) is 5.77. The number of nitriles is 1. The second kappa shape index (κ2) is 7.78. The van der Waals surface area contributed by atoms with Crippen LogP contribution in [0.5, 0.6) is 0 Å². The van der Waals surface area contributed by atoms with E-state index in [0.717, 1.165) is 37.2 Å². The number of hydrogen-bond donors (Lipinski definition) is 0. The summed E-state index contributed by atoms with van der Waals surface area (Å²) in [5, 5.41) is 10.5. The highest BCUT2D eigenvalue weighted by atomic mass is 15.1. The third-order valence-electron chi connectivity index (χ3n) is 5.77. The maximum Gasteiger partial charge on any atom is 0.111 e. The molecule has 3 aromatic rings. The molecule has 1 unspecified atom stereocenters. The van der Waals surface area contributed by atoms with Crippen LogP contribution in [0.4, 0.5) is 0 Å². The van der Waals surface area contributed by atoms with Crippen LogP contribution in [0.1, 0.15) is 23.1 Å². The van der Waals surface area contributed by atoms with E-state index in [-0.39, 0.29) is 5.92 Å². The molecule has 4 rings (SSSR count). The van der Waals surface area contributed by atoms with Gasteiger partial charge in [-0.2, -0.15) is 5.26 Å². The van der Waals surface area contributed by atoms with E-state index in [1.807, 2.05) is 36.4 Å². The highest BCUT2D eigenvalue weighted by molar-refractivity contribution is 5.47. The first-order valence-electron chi connectivity index (χ1n) is 9.61. The van der Waals surface area contributed by atoms with Crippen LogP contribution in [0.2, 0.25) is 0 Å². The molecule has 27 heavy (non-hydrogen) atoms. The van der Waals surface area contributed by atoms with Crippen molar-refractivity contribution in [1.29, 1.82) is 5.26 Å². The van der Waals surface area contributed by atoms with Gasteiger partial charge in [0.2, 0.25) is 0 Å². The summed E-state index contributed by atoms with van der Waals surface area (Å²) in [4.78, 5) is 2.48. The van der Waals surface area contributed by atoms with E-state index in [9.17, 15) is 5.26 Å². The van der Waals surface area contributed by atoms with Gasteiger partial charge in [0, 0.05) is 13.1 Å². The number of benzene rings is 3. The van der Waals surface area contributed by atoms with E-state index >= 15 is 0 Å². The van der Waals surface area contributed by atoms with Gasteiger partial charge in [0.25, 0.3) is 0 Å². The van der Waals surface area contributed by atoms with Gasteiger partial charge in [-0.05, 0) is 35.6 Å². The lowest BCUT2D eigenvalue weighted by Gasteiger charge is -2.34. The van der Waals surface area contributed by atoms with E-state index in [1.54, 1.807) is 0 Å². The quantitative estimate of drug-likeness (QED) is 0.645. The van der Waals surface area contributed by atoms with Crippen molar-refractivity contribution in [2.24, 2.45) is 5.92 Å². The predicted octanol–water partition coefficient (Wildman–Crippen LogP) is 5.02. The molecule has 0 aliphatic carbocycles. The Balaban J connectivity index is 1.67. The van der Waals surface area contributed by atoms with Crippen molar-refractivity contribution in [3.05, 3.63) is 108 Å². The fraction of sp³-hybridized carbons (Fsp3) is 0.240. The van der Waals surface area contributed by atoms with Crippen LogP contribution in [-0.4, -0.2) is 18.0 Å². The van der Waals surface area contributed by atoms with Crippen LogP contribution < -0.4 is 0 Å². The van der Waals surface area contributed by atoms with Crippen molar-refractivity contribution < 1.29 is 0 Å². The maximum atomic E-state index is 10.5. The SMILES string of the molecule is N#CC(c1ccccc1)(c1ccccc1)C1CCN(Cc2ccccc2)C1. The summed E-state index contributed by atoms with van der Waals surface area (Å²) in [6, 6.07) is 34.0. The summed E-state index contributed by atoms with van der Waals surface area (Å²) in [5.74, 6) is 0.274. The first-order valence-corrected chi connectivity index (χ1v) is 9.61. The van der Waals surface area contributed by atoms with Gasteiger partial charge in [-0.15, -0.1) is 0 Å². The summed E-state index contributed by atoms with van der Waals surface area (Å²) < 4.78 is 0. The van der Waals surface area contributed by atoms with Crippen LogP contribution in [0.25, 0.3) is 0 Å².